The highest BCUT2D eigenvalue weighted by atomic mass is 32.2. The van der Waals surface area contributed by atoms with Crippen LogP contribution in [0.5, 0.6) is 0 Å². The van der Waals surface area contributed by atoms with Crippen molar-refractivity contribution in [2.45, 2.75) is 18.2 Å². The second-order valence-corrected chi connectivity index (χ2v) is 5.55. The van der Waals surface area contributed by atoms with Crippen LogP contribution in [0.2, 0.25) is 0 Å². The molecule has 0 radical (unpaired) electrons. The SMILES string of the molecule is CCc1ccc(N)cc1S(=O)(=O)Nc1ncccn1. The topological polar surface area (TPSA) is 98.0 Å². The quantitative estimate of drug-likeness (QED) is 0.824. The lowest BCUT2D eigenvalue weighted by molar-refractivity contribution is 0.599. The molecule has 100 valence electrons. The molecule has 0 amide bonds. The molecule has 0 atom stereocenters. The van der Waals surface area contributed by atoms with E-state index in [1.165, 1.54) is 18.5 Å². The molecule has 2 rings (SSSR count). The van der Waals surface area contributed by atoms with Gasteiger partial charge in [-0.05, 0) is 30.2 Å². The Balaban J connectivity index is 2.42. The average molecular weight is 278 g/mol. The number of hydrogen-bond donors (Lipinski definition) is 2. The van der Waals surface area contributed by atoms with E-state index >= 15 is 0 Å². The van der Waals surface area contributed by atoms with Crippen LogP contribution in [-0.4, -0.2) is 18.4 Å². The molecule has 1 heterocycles. The Hall–Kier alpha value is -2.15. The number of aryl methyl sites for hydroxylation is 1. The molecule has 19 heavy (non-hydrogen) atoms. The average Bonchev–Trinajstić information content (AvgIpc) is 2.39. The van der Waals surface area contributed by atoms with Gasteiger partial charge in [0.05, 0.1) is 4.90 Å². The van der Waals surface area contributed by atoms with E-state index in [0.29, 0.717) is 17.7 Å². The highest BCUT2D eigenvalue weighted by Gasteiger charge is 2.19. The van der Waals surface area contributed by atoms with Crippen molar-refractivity contribution in [2.24, 2.45) is 0 Å². The first kappa shape index (κ1) is 13.3. The summed E-state index contributed by atoms with van der Waals surface area (Å²) in [5.41, 5.74) is 6.74. The minimum absolute atomic E-state index is 0.0342. The lowest BCUT2D eigenvalue weighted by Crippen LogP contribution is -2.16. The predicted octanol–water partition coefficient (Wildman–Crippen LogP) is 1.42. The third kappa shape index (κ3) is 3.00. The number of benzene rings is 1. The molecule has 0 aliphatic carbocycles. The van der Waals surface area contributed by atoms with Gasteiger partial charge >= 0.3 is 0 Å². The number of anilines is 2. The van der Waals surface area contributed by atoms with Crippen molar-refractivity contribution in [1.82, 2.24) is 9.97 Å². The number of nitrogens with one attached hydrogen (secondary N) is 1. The van der Waals surface area contributed by atoms with E-state index in [1.54, 1.807) is 18.2 Å². The molecule has 7 heteroatoms. The molecule has 0 saturated carbocycles. The summed E-state index contributed by atoms with van der Waals surface area (Å²) in [6.07, 6.45) is 3.52. The van der Waals surface area contributed by atoms with E-state index < -0.39 is 10.0 Å². The monoisotopic (exact) mass is 278 g/mol. The molecule has 0 aliphatic rings. The molecule has 0 fully saturated rings. The van der Waals surface area contributed by atoms with E-state index in [4.69, 9.17) is 5.73 Å². The van der Waals surface area contributed by atoms with Crippen molar-refractivity contribution < 1.29 is 8.42 Å². The fourth-order valence-electron chi connectivity index (χ4n) is 1.64. The second kappa shape index (κ2) is 5.23. The summed E-state index contributed by atoms with van der Waals surface area (Å²) in [4.78, 5) is 7.82. The Morgan fingerprint density at radius 2 is 1.95 bits per heavy atom. The molecule has 1 aromatic heterocycles. The molecule has 0 spiro atoms. The van der Waals surface area contributed by atoms with Gasteiger partial charge in [0.2, 0.25) is 5.95 Å². The summed E-state index contributed by atoms with van der Waals surface area (Å²) in [6, 6.07) is 6.42. The standard InChI is InChI=1S/C12H14N4O2S/c1-2-9-4-5-10(13)8-11(9)19(17,18)16-12-14-6-3-7-15-12/h3-8H,2,13H2,1H3,(H,14,15,16). The van der Waals surface area contributed by atoms with Crippen molar-refractivity contribution in [3.05, 3.63) is 42.2 Å². The number of aromatic nitrogens is 2. The minimum atomic E-state index is -3.73. The summed E-state index contributed by atoms with van der Waals surface area (Å²) in [7, 11) is -3.73. The Morgan fingerprint density at radius 3 is 2.58 bits per heavy atom. The van der Waals surface area contributed by atoms with Crippen LogP contribution in [0.15, 0.2) is 41.6 Å². The number of nitrogens with zero attached hydrogens (tertiary/aromatic N) is 2. The Kier molecular flexibility index (Phi) is 3.66. The van der Waals surface area contributed by atoms with Crippen LogP contribution in [0.1, 0.15) is 12.5 Å². The summed E-state index contributed by atoms with van der Waals surface area (Å²) in [5, 5.41) is 0. The zero-order valence-corrected chi connectivity index (χ0v) is 11.2. The van der Waals surface area contributed by atoms with Crippen LogP contribution in [0.4, 0.5) is 11.6 Å². The highest BCUT2D eigenvalue weighted by molar-refractivity contribution is 7.92. The van der Waals surface area contributed by atoms with Crippen LogP contribution >= 0.6 is 0 Å². The maximum absolute atomic E-state index is 12.3. The first-order chi connectivity index (χ1) is 9.03. The third-order valence-electron chi connectivity index (χ3n) is 2.55. The fraction of sp³-hybridized carbons (Fsp3) is 0.167. The van der Waals surface area contributed by atoms with Gasteiger partial charge in [0.1, 0.15) is 0 Å². The lowest BCUT2D eigenvalue weighted by atomic mass is 10.1. The Labute approximate surface area is 111 Å². The summed E-state index contributed by atoms with van der Waals surface area (Å²) in [5.74, 6) is 0.0342. The van der Waals surface area contributed by atoms with Gasteiger partial charge in [0, 0.05) is 18.1 Å². The smallest absolute Gasteiger partial charge is 0.264 e. The van der Waals surface area contributed by atoms with Gasteiger partial charge in [-0.2, -0.15) is 0 Å². The van der Waals surface area contributed by atoms with E-state index in [2.05, 4.69) is 14.7 Å². The molecule has 6 nitrogen and oxygen atoms in total. The zero-order chi connectivity index (χ0) is 13.9. The van der Waals surface area contributed by atoms with Crippen molar-refractivity contribution in [1.29, 1.82) is 0 Å². The first-order valence-corrected chi connectivity index (χ1v) is 7.19. The zero-order valence-electron chi connectivity index (χ0n) is 10.4. The molecule has 0 saturated heterocycles. The van der Waals surface area contributed by atoms with Gasteiger partial charge in [0.25, 0.3) is 10.0 Å². The number of rotatable bonds is 4. The molecular weight excluding hydrogens is 264 g/mol. The summed E-state index contributed by atoms with van der Waals surface area (Å²) in [6.45, 7) is 1.88. The van der Waals surface area contributed by atoms with Gasteiger partial charge in [-0.15, -0.1) is 0 Å². The van der Waals surface area contributed by atoms with Crippen LogP contribution in [0, 0.1) is 0 Å². The molecule has 2 aromatic rings. The van der Waals surface area contributed by atoms with E-state index in [1.807, 2.05) is 6.92 Å². The van der Waals surface area contributed by atoms with Crippen molar-refractivity contribution >= 4 is 21.7 Å². The molecular formula is C12H14N4O2S. The largest absolute Gasteiger partial charge is 0.399 e. The number of hydrogen-bond acceptors (Lipinski definition) is 5. The van der Waals surface area contributed by atoms with Gasteiger partial charge < -0.3 is 5.73 Å². The minimum Gasteiger partial charge on any atom is -0.399 e. The van der Waals surface area contributed by atoms with E-state index in [9.17, 15) is 8.42 Å². The Morgan fingerprint density at radius 1 is 1.26 bits per heavy atom. The lowest BCUT2D eigenvalue weighted by Gasteiger charge is -2.10. The summed E-state index contributed by atoms with van der Waals surface area (Å²) < 4.78 is 26.9. The van der Waals surface area contributed by atoms with Crippen molar-refractivity contribution in [2.75, 3.05) is 10.5 Å². The first-order valence-electron chi connectivity index (χ1n) is 5.71. The van der Waals surface area contributed by atoms with Crippen LogP contribution < -0.4 is 10.5 Å². The number of nitrogen functional groups attached to an aromatic ring is 1. The summed E-state index contributed by atoms with van der Waals surface area (Å²) >= 11 is 0. The molecule has 0 unspecified atom stereocenters. The van der Waals surface area contributed by atoms with E-state index in [-0.39, 0.29) is 10.8 Å². The van der Waals surface area contributed by atoms with Crippen molar-refractivity contribution in [3.8, 4) is 0 Å². The number of nitrogens with two attached hydrogens (primary N) is 1. The fourth-order valence-corrected chi connectivity index (χ4v) is 2.94. The second-order valence-electron chi connectivity index (χ2n) is 3.90. The van der Waals surface area contributed by atoms with Gasteiger partial charge in [-0.25, -0.2) is 23.1 Å². The molecule has 0 aliphatic heterocycles. The van der Waals surface area contributed by atoms with Gasteiger partial charge in [0.15, 0.2) is 0 Å². The van der Waals surface area contributed by atoms with Crippen LogP contribution in [0.25, 0.3) is 0 Å². The molecule has 3 N–H and O–H groups in total. The van der Waals surface area contributed by atoms with Crippen LogP contribution in [0.3, 0.4) is 0 Å². The molecule has 0 bridgehead atoms. The van der Waals surface area contributed by atoms with E-state index in [0.717, 1.165) is 0 Å². The predicted molar refractivity (Wildman–Crippen MR) is 73.1 cm³/mol. The van der Waals surface area contributed by atoms with Gasteiger partial charge in [-0.1, -0.05) is 13.0 Å². The Bertz CT molecular complexity index is 671. The van der Waals surface area contributed by atoms with Gasteiger partial charge in [-0.3, -0.25) is 0 Å². The number of sulfonamides is 1. The van der Waals surface area contributed by atoms with Crippen LogP contribution in [-0.2, 0) is 16.4 Å². The molecule has 1 aromatic carbocycles. The normalized spacial score (nSPS) is 11.2. The maximum Gasteiger partial charge on any atom is 0.264 e. The highest BCUT2D eigenvalue weighted by Crippen LogP contribution is 2.21. The maximum atomic E-state index is 12.3. The third-order valence-corrected chi connectivity index (χ3v) is 3.96. The van der Waals surface area contributed by atoms with Crippen molar-refractivity contribution in [3.63, 3.8) is 0 Å².